The number of hydrogen-bond donors (Lipinski definition) is 3. The first-order chi connectivity index (χ1) is 7.27. The molecule has 0 bridgehead atoms. The number of primary amides is 1. The van der Waals surface area contributed by atoms with Gasteiger partial charge in [-0.1, -0.05) is 0 Å². The zero-order valence-electron chi connectivity index (χ0n) is 7.90. The van der Waals surface area contributed by atoms with Crippen LogP contribution in [0.5, 0.6) is 0 Å². The van der Waals surface area contributed by atoms with Crippen LogP contribution in [0.3, 0.4) is 0 Å². The van der Waals surface area contributed by atoms with Crippen LogP contribution in [0.25, 0.3) is 11.2 Å². The van der Waals surface area contributed by atoms with E-state index in [4.69, 9.17) is 5.73 Å². The van der Waals surface area contributed by atoms with Crippen LogP contribution in [0.2, 0.25) is 0 Å². The van der Waals surface area contributed by atoms with E-state index in [-0.39, 0.29) is 12.3 Å². The third-order valence-electron chi connectivity index (χ3n) is 1.89. The van der Waals surface area contributed by atoms with E-state index in [0.717, 1.165) is 5.52 Å². The summed E-state index contributed by atoms with van der Waals surface area (Å²) in [6.07, 6.45) is 3.22. The summed E-state index contributed by atoms with van der Waals surface area (Å²) in [5.74, 6) is 0.274. The summed E-state index contributed by atoms with van der Waals surface area (Å²) in [6.45, 7) is 0.445. The van der Waals surface area contributed by atoms with Gasteiger partial charge in [0.2, 0.25) is 5.91 Å². The van der Waals surface area contributed by atoms with Crippen molar-refractivity contribution in [2.45, 2.75) is 6.42 Å². The second-order valence-corrected chi connectivity index (χ2v) is 2.97. The zero-order chi connectivity index (χ0) is 10.7. The summed E-state index contributed by atoms with van der Waals surface area (Å²) in [5, 5.41) is 2.98. The minimum absolute atomic E-state index is 0.264. The summed E-state index contributed by atoms with van der Waals surface area (Å²) < 4.78 is 0. The molecule has 2 aromatic heterocycles. The number of imidazole rings is 1. The number of carbonyl (C=O) groups is 1. The van der Waals surface area contributed by atoms with Crippen molar-refractivity contribution in [2.75, 3.05) is 11.9 Å². The molecule has 0 aromatic carbocycles. The topological polar surface area (TPSA) is 110 Å². The lowest BCUT2D eigenvalue weighted by molar-refractivity contribution is -0.117. The highest BCUT2D eigenvalue weighted by atomic mass is 16.1. The first kappa shape index (κ1) is 9.38. The molecule has 0 aliphatic heterocycles. The lowest BCUT2D eigenvalue weighted by atomic mass is 10.4. The number of anilines is 1. The Morgan fingerprint density at radius 2 is 2.33 bits per heavy atom. The zero-order valence-corrected chi connectivity index (χ0v) is 7.90. The molecule has 7 nitrogen and oxygen atoms in total. The molecular formula is C8H10N6O. The molecular weight excluding hydrogens is 196 g/mol. The average Bonchev–Trinajstić information content (AvgIpc) is 2.65. The van der Waals surface area contributed by atoms with Gasteiger partial charge in [0.15, 0.2) is 11.5 Å². The largest absolute Gasteiger partial charge is 0.370 e. The highest BCUT2D eigenvalue weighted by Crippen LogP contribution is 2.13. The van der Waals surface area contributed by atoms with Gasteiger partial charge in [-0.2, -0.15) is 0 Å². The number of nitrogens with two attached hydrogens (primary N) is 1. The van der Waals surface area contributed by atoms with Gasteiger partial charge in [-0.25, -0.2) is 15.0 Å². The number of nitrogens with one attached hydrogen (secondary N) is 2. The van der Waals surface area contributed by atoms with Gasteiger partial charge in [0, 0.05) is 13.0 Å². The van der Waals surface area contributed by atoms with Crippen LogP contribution in [0.1, 0.15) is 6.42 Å². The summed E-state index contributed by atoms with van der Waals surface area (Å²) >= 11 is 0. The Bertz CT molecular complexity index is 479. The third-order valence-corrected chi connectivity index (χ3v) is 1.89. The molecule has 4 N–H and O–H groups in total. The van der Waals surface area contributed by atoms with Crippen LogP contribution in [0.4, 0.5) is 5.82 Å². The predicted octanol–water partition coefficient (Wildman–Crippen LogP) is -0.360. The minimum atomic E-state index is -0.350. The van der Waals surface area contributed by atoms with Crippen molar-refractivity contribution in [3.05, 3.63) is 12.7 Å². The fraction of sp³-hybridized carbons (Fsp3) is 0.250. The number of H-pyrrole nitrogens is 1. The molecule has 0 saturated carbocycles. The van der Waals surface area contributed by atoms with E-state index in [1.807, 2.05) is 0 Å². The Morgan fingerprint density at radius 1 is 1.47 bits per heavy atom. The fourth-order valence-electron chi connectivity index (χ4n) is 1.20. The van der Waals surface area contributed by atoms with Crippen LogP contribution in [-0.4, -0.2) is 32.4 Å². The highest BCUT2D eigenvalue weighted by Gasteiger charge is 2.04. The molecule has 0 fully saturated rings. The van der Waals surface area contributed by atoms with Gasteiger partial charge in [-0.15, -0.1) is 0 Å². The molecule has 0 radical (unpaired) electrons. The predicted molar refractivity (Wildman–Crippen MR) is 54.0 cm³/mol. The quantitative estimate of drug-likeness (QED) is 0.632. The number of rotatable bonds is 4. The van der Waals surface area contributed by atoms with Crippen molar-refractivity contribution in [3.63, 3.8) is 0 Å². The van der Waals surface area contributed by atoms with Gasteiger partial charge >= 0.3 is 0 Å². The first-order valence-corrected chi connectivity index (χ1v) is 4.43. The summed E-state index contributed by atoms with van der Waals surface area (Å²) in [6, 6.07) is 0. The maximum Gasteiger partial charge on any atom is 0.219 e. The lowest BCUT2D eigenvalue weighted by Gasteiger charge is -2.03. The van der Waals surface area contributed by atoms with Crippen LogP contribution in [-0.2, 0) is 4.79 Å². The van der Waals surface area contributed by atoms with Crippen LogP contribution < -0.4 is 11.1 Å². The summed E-state index contributed by atoms with van der Waals surface area (Å²) in [7, 11) is 0. The van der Waals surface area contributed by atoms with E-state index in [1.54, 1.807) is 6.33 Å². The average molecular weight is 206 g/mol. The minimum Gasteiger partial charge on any atom is -0.370 e. The smallest absolute Gasteiger partial charge is 0.219 e. The number of fused-ring (bicyclic) bond motifs is 1. The Morgan fingerprint density at radius 3 is 3.13 bits per heavy atom. The fourth-order valence-corrected chi connectivity index (χ4v) is 1.20. The van der Waals surface area contributed by atoms with Gasteiger partial charge < -0.3 is 16.0 Å². The second-order valence-electron chi connectivity index (χ2n) is 2.97. The maximum absolute atomic E-state index is 10.5. The van der Waals surface area contributed by atoms with Crippen molar-refractivity contribution in [3.8, 4) is 0 Å². The molecule has 2 heterocycles. The standard InChI is InChI=1S/C8H10N6O/c9-5(15)1-2-10-7-6-8(12-3-11-6)14-4-13-7/h3-4H,1-2H2,(H2,9,15)(H2,10,11,12,13,14). The van der Waals surface area contributed by atoms with Crippen molar-refractivity contribution < 1.29 is 4.79 Å². The van der Waals surface area contributed by atoms with Gasteiger partial charge in [0.05, 0.1) is 6.33 Å². The van der Waals surface area contributed by atoms with E-state index >= 15 is 0 Å². The molecule has 0 aliphatic rings. The number of amides is 1. The van der Waals surface area contributed by atoms with Crippen molar-refractivity contribution in [2.24, 2.45) is 5.73 Å². The Kier molecular flexibility index (Phi) is 2.44. The Balaban J connectivity index is 2.13. The van der Waals surface area contributed by atoms with Crippen LogP contribution in [0.15, 0.2) is 12.7 Å². The molecule has 7 heteroatoms. The number of aromatic amines is 1. The second kappa shape index (κ2) is 3.91. The molecule has 2 aromatic rings. The van der Waals surface area contributed by atoms with E-state index in [9.17, 15) is 4.79 Å². The molecule has 2 rings (SSSR count). The Hall–Kier alpha value is -2.18. The third kappa shape index (κ3) is 2.01. The van der Waals surface area contributed by atoms with E-state index in [1.165, 1.54) is 6.33 Å². The maximum atomic E-state index is 10.5. The van der Waals surface area contributed by atoms with Crippen LogP contribution in [0, 0.1) is 0 Å². The van der Waals surface area contributed by atoms with Crippen molar-refractivity contribution in [1.82, 2.24) is 19.9 Å². The van der Waals surface area contributed by atoms with E-state index in [2.05, 4.69) is 25.3 Å². The van der Waals surface area contributed by atoms with Gasteiger partial charge in [-0.05, 0) is 0 Å². The van der Waals surface area contributed by atoms with Gasteiger partial charge in [-0.3, -0.25) is 4.79 Å². The van der Waals surface area contributed by atoms with E-state index < -0.39 is 0 Å². The van der Waals surface area contributed by atoms with Crippen molar-refractivity contribution >= 4 is 22.9 Å². The molecule has 15 heavy (non-hydrogen) atoms. The molecule has 1 amide bonds. The monoisotopic (exact) mass is 206 g/mol. The molecule has 0 aliphatic carbocycles. The number of hydrogen-bond acceptors (Lipinski definition) is 5. The van der Waals surface area contributed by atoms with Crippen LogP contribution >= 0.6 is 0 Å². The van der Waals surface area contributed by atoms with E-state index in [0.29, 0.717) is 18.0 Å². The highest BCUT2D eigenvalue weighted by molar-refractivity contribution is 5.82. The van der Waals surface area contributed by atoms with Crippen molar-refractivity contribution in [1.29, 1.82) is 0 Å². The summed E-state index contributed by atoms with van der Waals surface area (Å²) in [4.78, 5) is 25.4. The number of carbonyl (C=O) groups excluding carboxylic acids is 1. The SMILES string of the molecule is NC(=O)CCNc1ncnc2nc[nH]c12. The van der Waals surface area contributed by atoms with Gasteiger partial charge in [0.25, 0.3) is 0 Å². The first-order valence-electron chi connectivity index (χ1n) is 4.43. The molecule has 0 unspecified atom stereocenters. The number of aromatic nitrogens is 4. The normalized spacial score (nSPS) is 10.4. The molecule has 0 saturated heterocycles. The number of nitrogens with zero attached hydrogens (tertiary/aromatic N) is 3. The molecule has 0 atom stereocenters. The Labute approximate surface area is 85.1 Å². The van der Waals surface area contributed by atoms with Gasteiger partial charge in [0.1, 0.15) is 11.8 Å². The molecule has 78 valence electrons. The lowest BCUT2D eigenvalue weighted by Crippen LogP contribution is -2.16. The molecule has 0 spiro atoms. The summed E-state index contributed by atoms with van der Waals surface area (Å²) in [5.41, 5.74) is 6.33.